The van der Waals surface area contributed by atoms with E-state index in [1.54, 1.807) is 12.1 Å². The molecular formula is C7H7Br2NO2. The number of pyridine rings is 1. The molecule has 0 saturated carbocycles. The van der Waals surface area contributed by atoms with Crippen LogP contribution in [0.15, 0.2) is 21.3 Å². The summed E-state index contributed by atoms with van der Waals surface area (Å²) in [5, 5.41) is 8.50. The fourth-order valence-electron chi connectivity index (χ4n) is 0.690. The second-order valence-corrected chi connectivity index (χ2v) is 3.65. The van der Waals surface area contributed by atoms with Crippen molar-refractivity contribution in [1.82, 2.24) is 4.98 Å². The second-order valence-electron chi connectivity index (χ2n) is 2.02. The van der Waals surface area contributed by atoms with Crippen molar-refractivity contribution < 1.29 is 9.84 Å². The Labute approximate surface area is 87.0 Å². The standard InChI is InChI=1S/C7H7Br2NO2/c8-6-3-5(12-2-1-11)4-7(9)10-6/h3-4,11H,1-2H2. The van der Waals surface area contributed by atoms with Gasteiger partial charge in [-0.3, -0.25) is 0 Å². The Morgan fingerprint density at radius 1 is 1.33 bits per heavy atom. The van der Waals surface area contributed by atoms with Gasteiger partial charge < -0.3 is 9.84 Å². The topological polar surface area (TPSA) is 42.4 Å². The maximum Gasteiger partial charge on any atom is 0.124 e. The summed E-state index contributed by atoms with van der Waals surface area (Å²) in [4.78, 5) is 4.03. The number of ether oxygens (including phenoxy) is 1. The Morgan fingerprint density at radius 3 is 2.42 bits per heavy atom. The summed E-state index contributed by atoms with van der Waals surface area (Å²) in [5.41, 5.74) is 0. The molecule has 1 aromatic heterocycles. The lowest BCUT2D eigenvalue weighted by Gasteiger charge is -2.04. The van der Waals surface area contributed by atoms with Gasteiger partial charge in [-0.1, -0.05) is 0 Å². The van der Waals surface area contributed by atoms with E-state index in [1.807, 2.05) is 0 Å². The Morgan fingerprint density at radius 2 is 1.92 bits per heavy atom. The molecule has 0 spiro atoms. The van der Waals surface area contributed by atoms with Crippen molar-refractivity contribution in [3.63, 3.8) is 0 Å². The van der Waals surface area contributed by atoms with Gasteiger partial charge >= 0.3 is 0 Å². The predicted molar refractivity (Wildman–Crippen MR) is 52.2 cm³/mol. The third kappa shape index (κ3) is 3.08. The molecule has 66 valence electrons. The lowest BCUT2D eigenvalue weighted by molar-refractivity contribution is 0.201. The lowest BCUT2D eigenvalue weighted by Crippen LogP contribution is -2.01. The maximum atomic E-state index is 8.50. The summed E-state index contributed by atoms with van der Waals surface area (Å²) < 4.78 is 6.56. The van der Waals surface area contributed by atoms with Crippen LogP contribution in [0.3, 0.4) is 0 Å². The summed E-state index contributed by atoms with van der Waals surface area (Å²) in [7, 11) is 0. The molecular weight excluding hydrogens is 290 g/mol. The van der Waals surface area contributed by atoms with Crippen molar-refractivity contribution >= 4 is 31.9 Å². The van der Waals surface area contributed by atoms with Crippen LogP contribution in [0, 0.1) is 0 Å². The molecule has 0 radical (unpaired) electrons. The predicted octanol–water partition coefficient (Wildman–Crippen LogP) is 1.98. The monoisotopic (exact) mass is 295 g/mol. The third-order valence-corrected chi connectivity index (χ3v) is 1.91. The Balaban J connectivity index is 2.72. The van der Waals surface area contributed by atoms with Crippen LogP contribution in [0.4, 0.5) is 0 Å². The van der Waals surface area contributed by atoms with Crippen molar-refractivity contribution in [2.24, 2.45) is 0 Å². The molecule has 3 nitrogen and oxygen atoms in total. The first-order valence-electron chi connectivity index (χ1n) is 3.29. The van der Waals surface area contributed by atoms with Gasteiger partial charge in [-0.25, -0.2) is 4.98 Å². The Hall–Kier alpha value is -0.130. The first-order valence-corrected chi connectivity index (χ1v) is 4.87. The molecule has 0 amide bonds. The lowest BCUT2D eigenvalue weighted by atomic mass is 10.4. The van der Waals surface area contributed by atoms with Gasteiger partial charge in [0.1, 0.15) is 21.6 Å². The number of aromatic nitrogens is 1. The Bertz CT molecular complexity index is 247. The van der Waals surface area contributed by atoms with Crippen LogP contribution < -0.4 is 4.74 Å². The third-order valence-electron chi connectivity index (χ3n) is 1.10. The van der Waals surface area contributed by atoms with E-state index >= 15 is 0 Å². The van der Waals surface area contributed by atoms with E-state index in [9.17, 15) is 0 Å². The molecule has 1 aromatic rings. The van der Waals surface area contributed by atoms with Crippen molar-refractivity contribution in [3.8, 4) is 5.75 Å². The molecule has 0 bridgehead atoms. The molecule has 0 aliphatic carbocycles. The molecule has 12 heavy (non-hydrogen) atoms. The quantitative estimate of drug-likeness (QED) is 0.867. The first-order chi connectivity index (χ1) is 5.72. The minimum absolute atomic E-state index is 0.0115. The smallest absolute Gasteiger partial charge is 0.124 e. The Kier molecular flexibility index (Phi) is 3.97. The zero-order chi connectivity index (χ0) is 8.97. The molecule has 0 unspecified atom stereocenters. The minimum atomic E-state index is 0.0115. The van der Waals surface area contributed by atoms with E-state index < -0.39 is 0 Å². The highest BCUT2D eigenvalue weighted by molar-refractivity contribution is 9.11. The van der Waals surface area contributed by atoms with Crippen molar-refractivity contribution in [1.29, 1.82) is 0 Å². The zero-order valence-electron chi connectivity index (χ0n) is 6.13. The van der Waals surface area contributed by atoms with Crippen LogP contribution >= 0.6 is 31.9 Å². The largest absolute Gasteiger partial charge is 0.491 e. The number of nitrogens with zero attached hydrogens (tertiary/aromatic N) is 1. The molecule has 0 aliphatic rings. The maximum absolute atomic E-state index is 8.50. The SMILES string of the molecule is OCCOc1cc(Br)nc(Br)c1. The fourth-order valence-corrected chi connectivity index (χ4v) is 1.76. The molecule has 0 saturated heterocycles. The van der Waals surface area contributed by atoms with Crippen LogP contribution in [0.2, 0.25) is 0 Å². The number of rotatable bonds is 3. The van der Waals surface area contributed by atoms with Crippen LogP contribution in [0.1, 0.15) is 0 Å². The van der Waals surface area contributed by atoms with E-state index in [4.69, 9.17) is 9.84 Å². The van der Waals surface area contributed by atoms with Crippen molar-refractivity contribution in [3.05, 3.63) is 21.3 Å². The first kappa shape index (κ1) is 9.95. The average Bonchev–Trinajstić information content (AvgIpc) is 1.99. The summed E-state index contributed by atoms with van der Waals surface area (Å²) in [6.07, 6.45) is 0. The normalized spacial score (nSPS) is 9.92. The highest BCUT2D eigenvalue weighted by Gasteiger charge is 1.98. The number of aliphatic hydroxyl groups is 1. The van der Waals surface area contributed by atoms with Crippen LogP contribution in [-0.4, -0.2) is 23.3 Å². The fraction of sp³-hybridized carbons (Fsp3) is 0.286. The van der Waals surface area contributed by atoms with Gasteiger partial charge in [-0.05, 0) is 31.9 Å². The van der Waals surface area contributed by atoms with Crippen molar-refractivity contribution in [2.75, 3.05) is 13.2 Å². The molecule has 0 atom stereocenters. The van der Waals surface area contributed by atoms with Crippen LogP contribution in [-0.2, 0) is 0 Å². The van der Waals surface area contributed by atoms with Crippen LogP contribution in [0.25, 0.3) is 0 Å². The molecule has 0 aromatic carbocycles. The number of hydrogen-bond donors (Lipinski definition) is 1. The van der Waals surface area contributed by atoms with Crippen molar-refractivity contribution in [2.45, 2.75) is 0 Å². The van der Waals surface area contributed by atoms with Gasteiger partial charge in [0.2, 0.25) is 0 Å². The van der Waals surface area contributed by atoms with Crippen LogP contribution in [0.5, 0.6) is 5.75 Å². The van der Waals surface area contributed by atoms with E-state index in [2.05, 4.69) is 36.8 Å². The van der Waals surface area contributed by atoms with Gasteiger partial charge in [0.15, 0.2) is 0 Å². The average molecular weight is 297 g/mol. The second kappa shape index (κ2) is 4.79. The molecule has 1 heterocycles. The molecule has 1 N–H and O–H groups in total. The van der Waals surface area contributed by atoms with E-state index in [1.165, 1.54) is 0 Å². The summed E-state index contributed by atoms with van der Waals surface area (Å²) in [6.45, 7) is 0.306. The highest BCUT2D eigenvalue weighted by Crippen LogP contribution is 2.21. The molecule has 5 heteroatoms. The van der Waals surface area contributed by atoms with Gasteiger partial charge in [-0.2, -0.15) is 0 Å². The van der Waals surface area contributed by atoms with E-state index in [-0.39, 0.29) is 6.61 Å². The molecule has 0 aliphatic heterocycles. The molecule has 1 rings (SSSR count). The number of aliphatic hydroxyl groups excluding tert-OH is 1. The van der Waals surface area contributed by atoms with Gasteiger partial charge in [0.25, 0.3) is 0 Å². The summed E-state index contributed by atoms with van der Waals surface area (Å²) in [6, 6.07) is 3.47. The number of halogens is 2. The zero-order valence-corrected chi connectivity index (χ0v) is 9.30. The highest BCUT2D eigenvalue weighted by atomic mass is 79.9. The summed E-state index contributed by atoms with van der Waals surface area (Å²) in [5.74, 6) is 0.679. The van der Waals surface area contributed by atoms with Gasteiger partial charge in [0.05, 0.1) is 6.61 Å². The van der Waals surface area contributed by atoms with E-state index in [0.29, 0.717) is 21.6 Å². The minimum Gasteiger partial charge on any atom is -0.491 e. The summed E-state index contributed by atoms with van der Waals surface area (Å²) >= 11 is 6.44. The number of hydrogen-bond acceptors (Lipinski definition) is 3. The van der Waals surface area contributed by atoms with Gasteiger partial charge in [-0.15, -0.1) is 0 Å². The molecule has 0 fully saturated rings. The van der Waals surface area contributed by atoms with E-state index in [0.717, 1.165) is 0 Å². The van der Waals surface area contributed by atoms with Gasteiger partial charge in [0, 0.05) is 12.1 Å².